The van der Waals surface area contributed by atoms with E-state index in [2.05, 4.69) is 9.97 Å². The van der Waals surface area contributed by atoms with Crippen LogP contribution in [-0.4, -0.2) is 39.6 Å². The number of nitrogens with one attached hydrogen (secondary N) is 2. The second-order valence-corrected chi connectivity index (χ2v) is 8.72. The molecule has 10 heteroatoms. The largest absolute Gasteiger partial charge is 0.462 e. The van der Waals surface area contributed by atoms with Crippen LogP contribution in [-0.2, 0) is 11.3 Å². The molecule has 0 radical (unpaired) electrons. The number of hydrogen-bond acceptors (Lipinski definition) is 6. The monoisotopic (exact) mass is 481 g/mol. The summed E-state index contributed by atoms with van der Waals surface area (Å²) >= 11 is 0. The van der Waals surface area contributed by atoms with E-state index < -0.39 is 23.1 Å². The van der Waals surface area contributed by atoms with Crippen LogP contribution in [0.3, 0.4) is 0 Å². The van der Waals surface area contributed by atoms with Crippen LogP contribution in [0.1, 0.15) is 58.4 Å². The number of aromatic nitrogens is 3. The minimum atomic E-state index is -0.766. The quantitative estimate of drug-likeness (QED) is 0.422. The van der Waals surface area contributed by atoms with Gasteiger partial charge in [0.15, 0.2) is 5.69 Å². The summed E-state index contributed by atoms with van der Waals surface area (Å²) in [4.78, 5) is 58.2. The van der Waals surface area contributed by atoms with Gasteiger partial charge in [0.05, 0.1) is 18.7 Å². The molecule has 0 fully saturated rings. The molecule has 1 aromatic carbocycles. The second-order valence-electron chi connectivity index (χ2n) is 8.72. The van der Waals surface area contributed by atoms with Gasteiger partial charge in [-0.3, -0.25) is 24.0 Å². The Kier molecular flexibility index (Phi) is 7.63. The molecule has 2 heterocycles. The molecule has 35 heavy (non-hydrogen) atoms. The first-order valence-corrected chi connectivity index (χ1v) is 11.4. The number of carbonyl (C=O) groups is 2. The predicted molar refractivity (Wildman–Crippen MR) is 134 cm³/mol. The number of hydrogen-bond donors (Lipinski definition) is 3. The first-order valence-electron chi connectivity index (χ1n) is 11.4. The van der Waals surface area contributed by atoms with Gasteiger partial charge < -0.3 is 15.5 Å². The van der Waals surface area contributed by atoms with Crippen molar-refractivity contribution in [1.82, 2.24) is 14.5 Å². The number of rotatable bonds is 8. The van der Waals surface area contributed by atoms with Gasteiger partial charge in [-0.2, -0.15) is 0 Å². The summed E-state index contributed by atoms with van der Waals surface area (Å²) in [6, 6.07) is 9.16. The summed E-state index contributed by atoms with van der Waals surface area (Å²) in [7, 11) is 0. The average Bonchev–Trinajstić information content (AvgIpc) is 3.09. The van der Waals surface area contributed by atoms with E-state index in [1.165, 1.54) is 9.47 Å². The molecule has 4 N–H and O–H groups in total. The van der Waals surface area contributed by atoms with Crippen LogP contribution < -0.4 is 21.9 Å². The Morgan fingerprint density at radius 3 is 2.37 bits per heavy atom. The first kappa shape index (κ1) is 25.5. The SMILES string of the molecule is CCOC(=O)c1c(C)[nH]c(C(=O)N(CC(C)C)c2c(N)n(Cc3ccccc3)c(=O)[nH]c2=O)c1C. The highest BCUT2D eigenvalue weighted by atomic mass is 16.5. The van der Waals surface area contributed by atoms with Crippen molar-refractivity contribution in [1.29, 1.82) is 0 Å². The Hall–Kier alpha value is -4.08. The van der Waals surface area contributed by atoms with Crippen molar-refractivity contribution in [2.24, 2.45) is 5.92 Å². The van der Waals surface area contributed by atoms with Crippen LogP contribution in [0.25, 0.3) is 0 Å². The molecule has 0 spiro atoms. The summed E-state index contributed by atoms with van der Waals surface area (Å²) in [6.07, 6.45) is 0. The van der Waals surface area contributed by atoms with Crippen LogP contribution in [0.15, 0.2) is 39.9 Å². The third-order valence-corrected chi connectivity index (χ3v) is 5.59. The predicted octanol–water partition coefficient (Wildman–Crippen LogP) is 2.59. The van der Waals surface area contributed by atoms with Crippen molar-refractivity contribution < 1.29 is 14.3 Å². The van der Waals surface area contributed by atoms with Gasteiger partial charge in [-0.05, 0) is 37.8 Å². The van der Waals surface area contributed by atoms with Crippen molar-refractivity contribution in [3.63, 3.8) is 0 Å². The lowest BCUT2D eigenvalue weighted by atomic mass is 10.1. The Bertz CT molecular complexity index is 1350. The zero-order chi connectivity index (χ0) is 25.9. The zero-order valence-electron chi connectivity index (χ0n) is 20.6. The number of nitrogens with two attached hydrogens (primary N) is 1. The molecule has 0 saturated carbocycles. The molecule has 0 saturated heterocycles. The topological polar surface area (TPSA) is 143 Å². The molecule has 10 nitrogen and oxygen atoms in total. The van der Waals surface area contributed by atoms with Crippen LogP contribution in [0.5, 0.6) is 0 Å². The number of benzene rings is 1. The third-order valence-electron chi connectivity index (χ3n) is 5.59. The van der Waals surface area contributed by atoms with E-state index in [0.717, 1.165) is 5.56 Å². The second kappa shape index (κ2) is 10.5. The third kappa shape index (κ3) is 5.21. The fourth-order valence-electron chi connectivity index (χ4n) is 4.01. The number of esters is 1. The minimum absolute atomic E-state index is 0.0341. The van der Waals surface area contributed by atoms with E-state index in [-0.39, 0.29) is 48.4 Å². The molecule has 3 rings (SSSR count). The highest BCUT2D eigenvalue weighted by molar-refractivity contribution is 6.09. The lowest BCUT2D eigenvalue weighted by Gasteiger charge is -2.26. The first-order chi connectivity index (χ1) is 16.6. The standard InChI is InChI=1S/C25H31N5O5/c1-6-35-24(33)18-15(4)19(27-16(18)5)23(32)29(12-14(2)3)20-21(26)30(25(34)28-22(20)31)13-17-10-8-7-9-11-17/h7-11,14,27H,6,12-13,26H2,1-5H3,(H,28,31,34). The van der Waals surface area contributed by atoms with Crippen LogP contribution >= 0.6 is 0 Å². The fraction of sp³-hybridized carbons (Fsp3) is 0.360. The number of H-pyrrole nitrogens is 2. The Labute approximate surface area is 202 Å². The molecule has 0 aliphatic rings. The molecule has 0 atom stereocenters. The van der Waals surface area contributed by atoms with E-state index in [4.69, 9.17) is 10.5 Å². The van der Waals surface area contributed by atoms with Crippen molar-refractivity contribution in [2.45, 2.75) is 41.2 Å². The van der Waals surface area contributed by atoms with Crippen LogP contribution in [0.2, 0.25) is 0 Å². The molecule has 0 aliphatic carbocycles. The molecular weight excluding hydrogens is 450 g/mol. The van der Waals surface area contributed by atoms with Crippen molar-refractivity contribution >= 4 is 23.4 Å². The Morgan fingerprint density at radius 1 is 1.11 bits per heavy atom. The molecule has 0 bridgehead atoms. The number of carbonyl (C=O) groups excluding carboxylic acids is 2. The van der Waals surface area contributed by atoms with Gasteiger partial charge in [0, 0.05) is 12.2 Å². The molecule has 186 valence electrons. The zero-order valence-corrected chi connectivity index (χ0v) is 20.6. The molecule has 2 aromatic heterocycles. The van der Waals surface area contributed by atoms with Crippen molar-refractivity contribution in [2.75, 3.05) is 23.8 Å². The van der Waals surface area contributed by atoms with E-state index in [0.29, 0.717) is 11.3 Å². The molecular formula is C25H31N5O5. The molecule has 0 aliphatic heterocycles. The van der Waals surface area contributed by atoms with Gasteiger partial charge in [0.2, 0.25) is 0 Å². The Balaban J connectivity index is 2.14. The number of aryl methyl sites for hydroxylation is 1. The lowest BCUT2D eigenvalue weighted by Crippen LogP contribution is -2.43. The van der Waals surface area contributed by atoms with Gasteiger partial charge in [-0.25, -0.2) is 9.59 Å². The van der Waals surface area contributed by atoms with Gasteiger partial charge >= 0.3 is 11.7 Å². The number of aromatic amines is 2. The van der Waals surface area contributed by atoms with Gasteiger partial charge in [-0.15, -0.1) is 0 Å². The van der Waals surface area contributed by atoms with E-state index in [1.54, 1.807) is 20.8 Å². The van der Waals surface area contributed by atoms with E-state index in [9.17, 15) is 19.2 Å². The van der Waals surface area contributed by atoms with Crippen molar-refractivity contribution in [3.8, 4) is 0 Å². The summed E-state index contributed by atoms with van der Waals surface area (Å²) < 4.78 is 6.34. The van der Waals surface area contributed by atoms with Gasteiger partial charge in [-0.1, -0.05) is 44.2 Å². The van der Waals surface area contributed by atoms with Crippen molar-refractivity contribution in [3.05, 3.63) is 79.2 Å². The number of ether oxygens (including phenoxy) is 1. The molecule has 3 aromatic rings. The van der Waals surface area contributed by atoms with Gasteiger partial charge in [0.1, 0.15) is 11.5 Å². The fourth-order valence-corrected chi connectivity index (χ4v) is 4.01. The summed E-state index contributed by atoms with van der Waals surface area (Å²) in [5.41, 5.74) is 6.90. The number of anilines is 2. The molecule has 0 unspecified atom stereocenters. The van der Waals surface area contributed by atoms with Crippen LogP contribution in [0, 0.1) is 19.8 Å². The maximum atomic E-state index is 13.8. The lowest BCUT2D eigenvalue weighted by molar-refractivity contribution is 0.0525. The Morgan fingerprint density at radius 2 is 1.77 bits per heavy atom. The van der Waals surface area contributed by atoms with Gasteiger partial charge in [0.25, 0.3) is 11.5 Å². The maximum absolute atomic E-state index is 13.8. The minimum Gasteiger partial charge on any atom is -0.462 e. The maximum Gasteiger partial charge on any atom is 0.340 e. The summed E-state index contributed by atoms with van der Waals surface area (Å²) in [6.45, 7) is 9.26. The number of amides is 1. The van der Waals surface area contributed by atoms with E-state index >= 15 is 0 Å². The highest BCUT2D eigenvalue weighted by Gasteiger charge is 2.30. The summed E-state index contributed by atoms with van der Waals surface area (Å²) in [5.74, 6) is -1.24. The normalized spacial score (nSPS) is 11.0. The number of nitrogens with zero attached hydrogens (tertiary/aromatic N) is 2. The van der Waals surface area contributed by atoms with Crippen LogP contribution in [0.4, 0.5) is 11.5 Å². The number of nitrogen functional groups attached to an aromatic ring is 1. The average molecular weight is 482 g/mol. The highest BCUT2D eigenvalue weighted by Crippen LogP contribution is 2.25. The summed E-state index contributed by atoms with van der Waals surface area (Å²) in [5, 5.41) is 0. The molecule has 1 amide bonds. The smallest absolute Gasteiger partial charge is 0.340 e. The van der Waals surface area contributed by atoms with E-state index in [1.807, 2.05) is 44.2 Å².